The fourth-order valence-corrected chi connectivity index (χ4v) is 0.681. The molecule has 0 bridgehead atoms. The molecule has 0 spiro atoms. The Morgan fingerprint density at radius 3 is 3.60 bits per heavy atom. The Morgan fingerprint density at radius 1 is 1.70 bits per heavy atom. The number of aromatic nitrogens is 3. The maximum atomic E-state index is 7.67. The molecule has 1 aromatic carbocycles. The first-order valence-corrected chi connectivity index (χ1v) is 2.65. The fourth-order valence-electron chi connectivity index (χ4n) is 0.681. The third-order valence-corrected chi connectivity index (χ3v) is 1.10. The molecule has 0 aliphatic rings. The number of aromatic amines is 1. The summed E-state index contributed by atoms with van der Waals surface area (Å²) in [6.45, 7) is -2.59. The van der Waals surface area contributed by atoms with Crippen molar-refractivity contribution in [3.63, 3.8) is 0 Å². The highest BCUT2D eigenvalue weighted by atomic mass is 15.3. The number of hydrogen-bond acceptors (Lipinski definition) is 2. The molecule has 0 fully saturated rings. The summed E-state index contributed by atoms with van der Waals surface area (Å²) in [5.74, 6) is 0. The fraction of sp³-hybridized carbons (Fsp3) is 0.143. The van der Waals surface area contributed by atoms with Crippen molar-refractivity contribution in [2.45, 2.75) is 6.85 Å². The number of benzene rings is 1. The summed E-state index contributed by atoms with van der Waals surface area (Å²) in [5, 5.41) is 9.32. The Morgan fingerprint density at radius 2 is 2.70 bits per heavy atom. The van der Waals surface area contributed by atoms with Gasteiger partial charge in [0, 0.05) is 4.11 Å². The lowest BCUT2D eigenvalue weighted by molar-refractivity contribution is 0.959. The molecular weight excluding hydrogens is 126 g/mol. The topological polar surface area (TPSA) is 41.6 Å². The van der Waals surface area contributed by atoms with E-state index in [0.29, 0.717) is 0 Å². The van der Waals surface area contributed by atoms with Crippen LogP contribution in [0, 0.1) is 6.85 Å². The van der Waals surface area contributed by atoms with Gasteiger partial charge in [0.15, 0.2) is 0 Å². The Labute approximate surface area is 66.5 Å². The van der Waals surface area contributed by atoms with Crippen LogP contribution in [0.5, 0.6) is 0 Å². The second-order valence-corrected chi connectivity index (χ2v) is 1.79. The number of nitrogens with one attached hydrogen (secondary N) is 1. The predicted molar refractivity (Wildman–Crippen MR) is 38.6 cm³/mol. The zero-order valence-electron chi connectivity index (χ0n) is 10.9. The molecule has 10 heavy (non-hydrogen) atoms. The lowest BCUT2D eigenvalue weighted by Gasteiger charge is -1.87. The lowest BCUT2D eigenvalue weighted by Crippen LogP contribution is -1.71. The van der Waals surface area contributed by atoms with Crippen LogP contribution >= 0.6 is 0 Å². The second kappa shape index (κ2) is 1.80. The van der Waals surface area contributed by atoms with Crippen molar-refractivity contribution >= 4 is 11.0 Å². The van der Waals surface area contributed by atoms with Gasteiger partial charge in [-0.1, -0.05) is 11.3 Å². The van der Waals surface area contributed by atoms with Crippen molar-refractivity contribution in [1.82, 2.24) is 15.4 Å². The van der Waals surface area contributed by atoms with Gasteiger partial charge in [0.05, 0.1) is 9.63 Å². The number of fused-ring (bicyclic) bond motifs is 1. The molecular formula is C7H7N3. The summed E-state index contributed by atoms with van der Waals surface area (Å²) >= 11 is 0. The van der Waals surface area contributed by atoms with Crippen LogP contribution in [-0.4, -0.2) is 15.4 Å². The molecule has 0 unspecified atom stereocenters. The summed E-state index contributed by atoms with van der Waals surface area (Å²) < 4.78 is 44.5. The van der Waals surface area contributed by atoms with Gasteiger partial charge in [-0.05, 0) is 24.5 Å². The van der Waals surface area contributed by atoms with Crippen LogP contribution in [-0.2, 0) is 0 Å². The third kappa shape index (κ3) is 0.673. The van der Waals surface area contributed by atoms with Crippen molar-refractivity contribution < 1.29 is 8.22 Å². The summed E-state index contributed by atoms with van der Waals surface area (Å²) in [5.41, 5.74) is -0.328. The molecule has 50 valence electrons. The van der Waals surface area contributed by atoms with E-state index in [2.05, 4.69) is 15.4 Å². The first-order chi connectivity index (χ1) is 7.34. The summed E-state index contributed by atoms with van der Waals surface area (Å²) in [4.78, 5) is 0. The van der Waals surface area contributed by atoms with Gasteiger partial charge in [-0.15, -0.1) is 5.10 Å². The van der Waals surface area contributed by atoms with E-state index in [-0.39, 0.29) is 23.1 Å². The van der Waals surface area contributed by atoms with Gasteiger partial charge in [-0.2, -0.15) is 0 Å². The number of H-pyrrole nitrogens is 1. The van der Waals surface area contributed by atoms with Gasteiger partial charge in [0.2, 0.25) is 0 Å². The van der Waals surface area contributed by atoms with Gasteiger partial charge < -0.3 is 0 Å². The van der Waals surface area contributed by atoms with E-state index in [9.17, 15) is 0 Å². The first-order valence-electron chi connectivity index (χ1n) is 5.65. The zero-order chi connectivity index (χ0) is 12.1. The van der Waals surface area contributed by atoms with Gasteiger partial charge in [-0.3, -0.25) is 5.10 Å². The molecule has 1 heterocycles. The van der Waals surface area contributed by atoms with E-state index >= 15 is 0 Å². The van der Waals surface area contributed by atoms with Gasteiger partial charge in [0.1, 0.15) is 5.52 Å². The van der Waals surface area contributed by atoms with Crippen LogP contribution in [0.15, 0.2) is 18.1 Å². The van der Waals surface area contributed by atoms with Crippen LogP contribution in [0.4, 0.5) is 0 Å². The van der Waals surface area contributed by atoms with E-state index in [1.165, 1.54) is 0 Å². The molecule has 2 rings (SSSR count). The SMILES string of the molecule is [2H]c1c(C([2H])([2H])[2H])c([2H])c2[nH]nnc2c1[2H]. The quantitative estimate of drug-likeness (QED) is 0.597. The summed E-state index contributed by atoms with van der Waals surface area (Å²) in [7, 11) is 0. The van der Waals surface area contributed by atoms with Crippen LogP contribution in [0.25, 0.3) is 11.0 Å². The summed E-state index contributed by atoms with van der Waals surface area (Å²) in [6, 6.07) is -1.17. The monoisotopic (exact) mass is 139 g/mol. The normalized spacial score (nSPS) is 20.4. The minimum atomic E-state index is -2.59. The summed E-state index contributed by atoms with van der Waals surface area (Å²) in [6.07, 6.45) is 0. The highest BCUT2D eigenvalue weighted by molar-refractivity contribution is 5.73. The van der Waals surface area contributed by atoms with Gasteiger partial charge in [0.25, 0.3) is 0 Å². The minimum absolute atomic E-state index is 0.0444. The Bertz CT molecular complexity index is 557. The minimum Gasteiger partial charge on any atom is -0.258 e. The molecule has 1 N–H and O–H groups in total. The molecule has 0 amide bonds. The first kappa shape index (κ1) is 2.05. The highest BCUT2D eigenvalue weighted by Crippen LogP contribution is 2.08. The number of hydrogen-bond donors (Lipinski definition) is 1. The molecule has 0 aliphatic heterocycles. The van der Waals surface area contributed by atoms with E-state index in [4.69, 9.17) is 8.22 Å². The standard InChI is InChI=1S/C7H7N3/c1-5-2-3-6-7(4-5)9-10-8-6/h2-4H,1H3,(H,8,9,10)/i1D3,2D,3D,4D. The molecule has 2 aromatic rings. The number of rotatable bonds is 0. The smallest absolute Gasteiger partial charge is 0.112 e. The Balaban J connectivity index is 2.94. The van der Waals surface area contributed by atoms with Crippen molar-refractivity contribution in [2.75, 3.05) is 0 Å². The van der Waals surface area contributed by atoms with Crippen molar-refractivity contribution in [3.8, 4) is 0 Å². The third-order valence-electron chi connectivity index (χ3n) is 1.10. The van der Waals surface area contributed by atoms with E-state index < -0.39 is 18.5 Å². The van der Waals surface area contributed by atoms with Crippen molar-refractivity contribution in [3.05, 3.63) is 23.7 Å². The molecule has 0 atom stereocenters. The molecule has 3 heteroatoms. The largest absolute Gasteiger partial charge is 0.258 e. The molecule has 0 aliphatic carbocycles. The predicted octanol–water partition coefficient (Wildman–Crippen LogP) is 1.27. The number of nitrogens with zero attached hydrogens (tertiary/aromatic N) is 2. The van der Waals surface area contributed by atoms with Crippen LogP contribution < -0.4 is 0 Å². The average molecular weight is 139 g/mol. The van der Waals surface area contributed by atoms with E-state index in [1.807, 2.05) is 0 Å². The van der Waals surface area contributed by atoms with Gasteiger partial charge >= 0.3 is 0 Å². The van der Waals surface area contributed by atoms with Crippen molar-refractivity contribution in [1.29, 1.82) is 0 Å². The van der Waals surface area contributed by atoms with E-state index in [0.717, 1.165) is 0 Å². The molecule has 0 saturated heterocycles. The van der Waals surface area contributed by atoms with Crippen molar-refractivity contribution in [2.24, 2.45) is 0 Å². The van der Waals surface area contributed by atoms with E-state index in [1.54, 1.807) is 0 Å². The molecule has 0 radical (unpaired) electrons. The highest BCUT2D eigenvalue weighted by Gasteiger charge is 1.93. The Hall–Kier alpha value is -1.38. The maximum absolute atomic E-state index is 7.67. The molecule has 3 nitrogen and oxygen atoms in total. The second-order valence-electron chi connectivity index (χ2n) is 1.79. The van der Waals surface area contributed by atoms with Crippen LogP contribution in [0.1, 0.15) is 13.8 Å². The molecule has 1 aromatic heterocycles. The maximum Gasteiger partial charge on any atom is 0.112 e. The molecule has 0 saturated carbocycles. The lowest BCUT2D eigenvalue weighted by atomic mass is 10.2. The van der Waals surface area contributed by atoms with Crippen LogP contribution in [0.3, 0.4) is 0 Å². The zero-order valence-corrected chi connectivity index (χ0v) is 4.89. The van der Waals surface area contributed by atoms with Gasteiger partial charge in [-0.25, -0.2) is 0 Å². The Kier molecular flexibility index (Phi) is 0.369. The van der Waals surface area contributed by atoms with Crippen LogP contribution in [0.2, 0.25) is 0 Å². The average Bonchev–Trinajstić information content (AvgIpc) is 2.61.